The van der Waals surface area contributed by atoms with Crippen molar-refractivity contribution in [1.29, 1.82) is 0 Å². The molecule has 1 saturated heterocycles. The highest BCUT2D eigenvalue weighted by atomic mass is 32.2. The molecule has 1 aliphatic carbocycles. The predicted molar refractivity (Wildman–Crippen MR) is 139 cm³/mol. The number of hydrogen-bond donors (Lipinski definition) is 2. The number of piperazine rings is 1. The molecule has 1 aliphatic heterocycles. The lowest BCUT2D eigenvalue weighted by Gasteiger charge is -2.32. The van der Waals surface area contributed by atoms with Gasteiger partial charge >= 0.3 is 0 Å². The molecule has 35 heavy (non-hydrogen) atoms. The lowest BCUT2D eigenvalue weighted by atomic mass is 9.86. The van der Waals surface area contributed by atoms with Crippen molar-refractivity contribution in [3.63, 3.8) is 0 Å². The van der Waals surface area contributed by atoms with Crippen LogP contribution in [0.15, 0.2) is 53.4 Å². The molecule has 0 bridgehead atoms. The van der Waals surface area contributed by atoms with E-state index >= 15 is 0 Å². The zero-order valence-corrected chi connectivity index (χ0v) is 21.3. The minimum Gasteiger partial charge on any atom is -0.494 e. The number of nitrogens with zero attached hydrogens (tertiary/aromatic N) is 2. The molecule has 1 aromatic heterocycles. The van der Waals surface area contributed by atoms with Gasteiger partial charge in [0.25, 0.3) is 0 Å². The van der Waals surface area contributed by atoms with Crippen molar-refractivity contribution in [1.82, 2.24) is 19.5 Å². The van der Waals surface area contributed by atoms with Crippen molar-refractivity contribution in [3.8, 4) is 5.75 Å². The number of fused-ring (bicyclic) bond motifs is 3. The smallest absolute Gasteiger partial charge is 0.240 e. The van der Waals surface area contributed by atoms with Gasteiger partial charge < -0.3 is 19.5 Å². The van der Waals surface area contributed by atoms with E-state index in [1.54, 1.807) is 24.3 Å². The maximum absolute atomic E-state index is 12.9. The van der Waals surface area contributed by atoms with Crippen LogP contribution in [0.4, 0.5) is 0 Å². The van der Waals surface area contributed by atoms with Crippen LogP contribution < -0.4 is 9.46 Å². The molecular weight excluding hydrogens is 460 g/mol. The van der Waals surface area contributed by atoms with Crippen molar-refractivity contribution in [2.45, 2.75) is 30.6 Å². The maximum atomic E-state index is 12.9. The van der Waals surface area contributed by atoms with Gasteiger partial charge in [-0.25, -0.2) is 13.1 Å². The summed E-state index contributed by atoms with van der Waals surface area (Å²) in [5, 5.41) is 1.26. The van der Waals surface area contributed by atoms with E-state index in [1.165, 1.54) is 22.2 Å². The predicted octanol–water partition coefficient (Wildman–Crippen LogP) is 3.27. The third kappa shape index (κ3) is 5.89. The number of aryl methyl sites for hydroxylation is 1. The second-order valence-electron chi connectivity index (χ2n) is 9.91. The Morgan fingerprint density at radius 3 is 2.63 bits per heavy atom. The van der Waals surface area contributed by atoms with E-state index in [4.69, 9.17) is 4.74 Å². The van der Waals surface area contributed by atoms with E-state index in [1.807, 2.05) is 6.07 Å². The van der Waals surface area contributed by atoms with E-state index in [-0.39, 0.29) is 4.90 Å². The molecule has 7 nitrogen and oxygen atoms in total. The van der Waals surface area contributed by atoms with Gasteiger partial charge in [-0.05, 0) is 74.5 Å². The monoisotopic (exact) mass is 496 g/mol. The lowest BCUT2D eigenvalue weighted by Crippen LogP contribution is -2.44. The van der Waals surface area contributed by atoms with Crippen molar-refractivity contribution < 1.29 is 13.2 Å². The average molecular weight is 497 g/mol. The summed E-state index contributed by atoms with van der Waals surface area (Å²) in [4.78, 5) is 8.63. The van der Waals surface area contributed by atoms with Gasteiger partial charge in [0.05, 0.1) is 11.5 Å². The Morgan fingerprint density at radius 2 is 1.83 bits per heavy atom. The number of aromatic nitrogens is 1. The molecule has 188 valence electrons. The minimum atomic E-state index is -3.55. The first-order chi connectivity index (χ1) is 17.0. The number of para-hydroxylation sites is 1. The van der Waals surface area contributed by atoms with Crippen LogP contribution in [-0.4, -0.2) is 76.1 Å². The van der Waals surface area contributed by atoms with E-state index < -0.39 is 10.0 Å². The van der Waals surface area contributed by atoms with Crippen molar-refractivity contribution in [3.05, 3.63) is 59.8 Å². The van der Waals surface area contributed by atoms with Crippen LogP contribution in [0, 0.1) is 5.92 Å². The molecule has 0 radical (unpaired) electrons. The first-order valence-electron chi connectivity index (χ1n) is 12.7. The largest absolute Gasteiger partial charge is 0.494 e. The Morgan fingerprint density at radius 1 is 1.06 bits per heavy atom. The van der Waals surface area contributed by atoms with Crippen LogP contribution in [0.25, 0.3) is 10.9 Å². The van der Waals surface area contributed by atoms with Crippen LogP contribution in [-0.2, 0) is 22.9 Å². The van der Waals surface area contributed by atoms with Gasteiger partial charge in [0.2, 0.25) is 10.0 Å². The molecule has 8 heteroatoms. The number of nitrogens with one attached hydrogen (secondary N) is 2. The molecule has 1 fully saturated rings. The van der Waals surface area contributed by atoms with Crippen LogP contribution in [0.1, 0.15) is 24.1 Å². The summed E-state index contributed by atoms with van der Waals surface area (Å²) in [6.07, 6.45) is 3.79. The number of hydrogen-bond acceptors (Lipinski definition) is 5. The lowest BCUT2D eigenvalue weighted by molar-refractivity contribution is 0.145. The summed E-state index contributed by atoms with van der Waals surface area (Å²) in [7, 11) is -1.39. The molecule has 1 atom stereocenters. The van der Waals surface area contributed by atoms with Crippen LogP contribution >= 0.6 is 0 Å². The van der Waals surface area contributed by atoms with Gasteiger partial charge in [0, 0.05) is 55.9 Å². The molecule has 2 aromatic carbocycles. The Labute approximate surface area is 208 Å². The maximum Gasteiger partial charge on any atom is 0.240 e. The molecule has 3 aromatic rings. The van der Waals surface area contributed by atoms with E-state index in [0.717, 1.165) is 58.4 Å². The van der Waals surface area contributed by atoms with Gasteiger partial charge in [-0.1, -0.05) is 18.2 Å². The highest BCUT2D eigenvalue weighted by Gasteiger charge is 2.24. The van der Waals surface area contributed by atoms with Gasteiger partial charge in [-0.2, -0.15) is 0 Å². The van der Waals surface area contributed by atoms with Crippen molar-refractivity contribution in [2.75, 3.05) is 52.9 Å². The standard InChI is InChI=1S/C27H36N4O3S/c1-30-14-16-31(17-15-30)13-4-18-34-22-8-10-23(11-9-22)35(32,33)28-20-21-7-12-27-25(19-21)24-5-2-3-6-26(24)29-27/h2-3,5-6,8-11,21,28-29H,4,7,12-20H2,1H3. The van der Waals surface area contributed by atoms with Gasteiger partial charge in [-0.3, -0.25) is 0 Å². The van der Waals surface area contributed by atoms with Crippen LogP contribution in [0.3, 0.4) is 0 Å². The first-order valence-corrected chi connectivity index (χ1v) is 14.2. The molecule has 2 heterocycles. The summed E-state index contributed by atoms with van der Waals surface area (Å²) in [6, 6.07) is 15.1. The Kier molecular flexibility index (Phi) is 7.43. The fraction of sp³-hybridized carbons (Fsp3) is 0.481. The summed E-state index contributed by atoms with van der Waals surface area (Å²) < 4.78 is 34.5. The van der Waals surface area contributed by atoms with Gasteiger partial charge in [-0.15, -0.1) is 0 Å². The van der Waals surface area contributed by atoms with Gasteiger partial charge in [0.1, 0.15) is 5.75 Å². The fourth-order valence-corrected chi connectivity index (χ4v) is 6.31. The molecule has 2 N–H and O–H groups in total. The van der Waals surface area contributed by atoms with Crippen LogP contribution in [0.2, 0.25) is 0 Å². The van der Waals surface area contributed by atoms with E-state index in [9.17, 15) is 8.42 Å². The molecular formula is C27H36N4O3S. The third-order valence-corrected chi connectivity index (χ3v) is 8.82. The SMILES string of the molecule is CN1CCN(CCCOc2ccc(S(=O)(=O)NCC3CCc4[nH]c5ccccc5c4C3)cc2)CC1. The number of ether oxygens (including phenoxy) is 1. The minimum absolute atomic E-state index is 0.283. The molecule has 2 aliphatic rings. The summed E-state index contributed by atoms with van der Waals surface area (Å²) >= 11 is 0. The van der Waals surface area contributed by atoms with Gasteiger partial charge in [0.15, 0.2) is 0 Å². The fourth-order valence-electron chi connectivity index (χ4n) is 5.19. The summed E-state index contributed by atoms with van der Waals surface area (Å²) in [5.74, 6) is 1.00. The Balaban J connectivity index is 1.09. The quantitative estimate of drug-likeness (QED) is 0.445. The zero-order chi connectivity index (χ0) is 24.3. The molecule has 0 spiro atoms. The summed E-state index contributed by atoms with van der Waals surface area (Å²) in [5.41, 5.74) is 3.80. The second-order valence-corrected chi connectivity index (χ2v) is 11.7. The second kappa shape index (κ2) is 10.7. The average Bonchev–Trinajstić information content (AvgIpc) is 3.25. The Hall–Kier alpha value is -2.39. The summed E-state index contributed by atoms with van der Waals surface area (Å²) in [6.45, 7) is 6.58. The first kappa shape index (κ1) is 24.3. The Bertz CT molecular complexity index is 1230. The molecule has 0 amide bonds. The zero-order valence-electron chi connectivity index (χ0n) is 20.5. The normalized spacial score (nSPS) is 19.6. The number of likely N-dealkylation sites (N-methyl/N-ethyl adjacent to an activating group) is 1. The number of aromatic amines is 1. The van der Waals surface area contributed by atoms with E-state index in [0.29, 0.717) is 24.8 Å². The van der Waals surface area contributed by atoms with Crippen LogP contribution in [0.5, 0.6) is 5.75 Å². The number of benzene rings is 2. The number of rotatable bonds is 9. The molecule has 5 rings (SSSR count). The highest BCUT2D eigenvalue weighted by molar-refractivity contribution is 7.89. The molecule has 0 saturated carbocycles. The number of sulfonamides is 1. The van der Waals surface area contributed by atoms with Crippen molar-refractivity contribution >= 4 is 20.9 Å². The molecule has 1 unspecified atom stereocenters. The van der Waals surface area contributed by atoms with E-state index in [2.05, 4.69) is 44.8 Å². The highest BCUT2D eigenvalue weighted by Crippen LogP contribution is 2.31. The number of H-pyrrole nitrogens is 1. The third-order valence-electron chi connectivity index (χ3n) is 7.38. The van der Waals surface area contributed by atoms with Crippen molar-refractivity contribution in [2.24, 2.45) is 5.92 Å². The topological polar surface area (TPSA) is 77.7 Å².